The standard InChI is InChI=1S/C13H12O3/c14-11-8-10-6-7-15-12(13(10)16-11)9-4-2-1-3-5-9/h1-5,8,12-13H,6-7H2/t12-,13+/m1/s1. The zero-order chi connectivity index (χ0) is 11.0. The molecule has 16 heavy (non-hydrogen) atoms. The van der Waals surface area contributed by atoms with E-state index in [-0.39, 0.29) is 18.2 Å². The predicted molar refractivity (Wildman–Crippen MR) is 57.7 cm³/mol. The fraction of sp³-hybridized carbons (Fsp3) is 0.308. The summed E-state index contributed by atoms with van der Waals surface area (Å²) >= 11 is 0. The minimum atomic E-state index is -0.244. The minimum absolute atomic E-state index is 0.146. The van der Waals surface area contributed by atoms with Crippen LogP contribution in [-0.4, -0.2) is 18.7 Å². The number of hydrogen-bond acceptors (Lipinski definition) is 3. The molecule has 0 bridgehead atoms. The van der Waals surface area contributed by atoms with Gasteiger partial charge in [-0.15, -0.1) is 0 Å². The van der Waals surface area contributed by atoms with Gasteiger partial charge in [0.15, 0.2) is 6.10 Å². The molecule has 1 aromatic rings. The number of rotatable bonds is 1. The third-order valence-electron chi connectivity index (χ3n) is 3.00. The smallest absolute Gasteiger partial charge is 0.331 e. The number of benzene rings is 1. The van der Waals surface area contributed by atoms with Gasteiger partial charge < -0.3 is 9.47 Å². The summed E-state index contributed by atoms with van der Waals surface area (Å²) in [6, 6.07) is 9.89. The summed E-state index contributed by atoms with van der Waals surface area (Å²) in [4.78, 5) is 11.2. The number of fused-ring (bicyclic) bond motifs is 1. The van der Waals surface area contributed by atoms with E-state index in [9.17, 15) is 4.79 Å². The van der Waals surface area contributed by atoms with Crippen molar-refractivity contribution in [2.24, 2.45) is 0 Å². The molecule has 1 saturated heterocycles. The van der Waals surface area contributed by atoms with Gasteiger partial charge in [0.25, 0.3) is 0 Å². The van der Waals surface area contributed by atoms with Crippen molar-refractivity contribution in [2.45, 2.75) is 18.6 Å². The molecule has 0 amide bonds. The fourth-order valence-corrected chi connectivity index (χ4v) is 2.24. The van der Waals surface area contributed by atoms with Gasteiger partial charge in [-0.25, -0.2) is 4.79 Å². The average Bonchev–Trinajstić information content (AvgIpc) is 2.70. The van der Waals surface area contributed by atoms with E-state index in [1.54, 1.807) is 6.08 Å². The van der Waals surface area contributed by atoms with E-state index in [4.69, 9.17) is 9.47 Å². The third-order valence-corrected chi connectivity index (χ3v) is 3.00. The Bertz CT molecular complexity index is 436. The van der Waals surface area contributed by atoms with Gasteiger partial charge >= 0.3 is 5.97 Å². The third kappa shape index (κ3) is 1.53. The highest BCUT2D eigenvalue weighted by molar-refractivity contribution is 5.86. The van der Waals surface area contributed by atoms with E-state index >= 15 is 0 Å². The van der Waals surface area contributed by atoms with Crippen molar-refractivity contribution in [1.82, 2.24) is 0 Å². The average molecular weight is 216 g/mol. The lowest BCUT2D eigenvalue weighted by Crippen LogP contribution is -2.29. The number of esters is 1. The Labute approximate surface area is 93.7 Å². The second-order valence-electron chi connectivity index (χ2n) is 4.03. The maximum atomic E-state index is 11.2. The maximum Gasteiger partial charge on any atom is 0.331 e. The molecule has 2 atom stereocenters. The van der Waals surface area contributed by atoms with E-state index in [0.717, 1.165) is 17.6 Å². The van der Waals surface area contributed by atoms with Gasteiger partial charge in [-0.1, -0.05) is 30.3 Å². The first-order valence-corrected chi connectivity index (χ1v) is 5.42. The largest absolute Gasteiger partial charge is 0.451 e. The van der Waals surface area contributed by atoms with Gasteiger partial charge in [0.05, 0.1) is 6.61 Å². The second-order valence-corrected chi connectivity index (χ2v) is 4.03. The van der Waals surface area contributed by atoms with Crippen molar-refractivity contribution in [3.05, 3.63) is 47.5 Å². The summed E-state index contributed by atoms with van der Waals surface area (Å²) in [5, 5.41) is 0. The second kappa shape index (κ2) is 3.76. The van der Waals surface area contributed by atoms with Crippen LogP contribution in [-0.2, 0) is 14.3 Å². The zero-order valence-corrected chi connectivity index (χ0v) is 8.76. The van der Waals surface area contributed by atoms with E-state index in [1.807, 2.05) is 30.3 Å². The van der Waals surface area contributed by atoms with Crippen LogP contribution in [0.3, 0.4) is 0 Å². The topological polar surface area (TPSA) is 35.5 Å². The first-order chi connectivity index (χ1) is 7.84. The lowest BCUT2D eigenvalue weighted by atomic mass is 9.95. The van der Waals surface area contributed by atoms with E-state index in [2.05, 4.69) is 0 Å². The summed E-state index contributed by atoms with van der Waals surface area (Å²) in [5.41, 5.74) is 2.12. The first-order valence-electron chi connectivity index (χ1n) is 5.42. The van der Waals surface area contributed by atoms with Gasteiger partial charge in [-0.2, -0.15) is 0 Å². The maximum absolute atomic E-state index is 11.2. The minimum Gasteiger partial charge on any atom is -0.451 e. The first kappa shape index (κ1) is 9.60. The molecule has 2 aliphatic rings. The van der Waals surface area contributed by atoms with Crippen LogP contribution >= 0.6 is 0 Å². The molecule has 2 heterocycles. The van der Waals surface area contributed by atoms with Crippen molar-refractivity contribution in [1.29, 1.82) is 0 Å². The lowest BCUT2D eigenvalue weighted by Gasteiger charge is -2.30. The summed E-state index contributed by atoms with van der Waals surface area (Å²) in [7, 11) is 0. The van der Waals surface area contributed by atoms with Gasteiger partial charge in [0.1, 0.15) is 6.10 Å². The van der Waals surface area contributed by atoms with Crippen LogP contribution in [0.1, 0.15) is 18.1 Å². The molecule has 0 spiro atoms. The van der Waals surface area contributed by atoms with Gasteiger partial charge in [0, 0.05) is 6.08 Å². The van der Waals surface area contributed by atoms with Crippen LogP contribution < -0.4 is 0 Å². The Balaban J connectivity index is 1.92. The molecule has 0 aromatic heterocycles. The SMILES string of the molecule is O=C1C=C2CCO[C@H](c3ccccc3)[C@H]2O1. The Hall–Kier alpha value is -1.61. The van der Waals surface area contributed by atoms with E-state index in [0.29, 0.717) is 6.61 Å². The van der Waals surface area contributed by atoms with Crippen LogP contribution in [0.15, 0.2) is 42.0 Å². The Morgan fingerprint density at radius 1 is 1.12 bits per heavy atom. The molecule has 3 heteroatoms. The normalized spacial score (nSPS) is 28.2. The van der Waals surface area contributed by atoms with Crippen LogP contribution in [0.4, 0.5) is 0 Å². The van der Waals surface area contributed by atoms with Crippen molar-refractivity contribution in [3.63, 3.8) is 0 Å². The molecule has 3 rings (SSSR count). The summed E-state index contributed by atoms with van der Waals surface area (Å²) in [6.45, 7) is 0.651. The fourth-order valence-electron chi connectivity index (χ4n) is 2.24. The Morgan fingerprint density at radius 3 is 2.75 bits per heavy atom. The molecule has 82 valence electrons. The predicted octanol–water partition coefficient (Wildman–Crippen LogP) is 2.00. The van der Waals surface area contributed by atoms with E-state index in [1.165, 1.54) is 0 Å². The summed E-state index contributed by atoms with van der Waals surface area (Å²) in [5.74, 6) is -0.244. The monoisotopic (exact) mass is 216 g/mol. The molecule has 0 N–H and O–H groups in total. The molecule has 0 aliphatic carbocycles. The number of carbonyl (C=O) groups is 1. The Kier molecular flexibility index (Phi) is 2.26. The molecule has 0 radical (unpaired) electrons. The highest BCUT2D eigenvalue weighted by Crippen LogP contribution is 2.36. The van der Waals surface area contributed by atoms with Crippen LogP contribution in [0.5, 0.6) is 0 Å². The highest BCUT2D eigenvalue weighted by atomic mass is 16.6. The quantitative estimate of drug-likeness (QED) is 0.673. The van der Waals surface area contributed by atoms with Crippen LogP contribution in [0.2, 0.25) is 0 Å². The lowest BCUT2D eigenvalue weighted by molar-refractivity contribution is -0.147. The van der Waals surface area contributed by atoms with Crippen LogP contribution in [0.25, 0.3) is 0 Å². The molecule has 1 fully saturated rings. The molecule has 2 aliphatic heterocycles. The molecule has 1 aromatic carbocycles. The molecule has 0 unspecified atom stereocenters. The van der Waals surface area contributed by atoms with Gasteiger partial charge in [-0.05, 0) is 17.6 Å². The van der Waals surface area contributed by atoms with Crippen LogP contribution in [0, 0.1) is 0 Å². The molecule has 0 saturated carbocycles. The van der Waals surface area contributed by atoms with Crippen molar-refractivity contribution in [2.75, 3.05) is 6.61 Å². The zero-order valence-electron chi connectivity index (χ0n) is 8.76. The molecular formula is C13H12O3. The van der Waals surface area contributed by atoms with Gasteiger partial charge in [0.2, 0.25) is 0 Å². The van der Waals surface area contributed by atoms with E-state index < -0.39 is 0 Å². The van der Waals surface area contributed by atoms with Gasteiger partial charge in [-0.3, -0.25) is 0 Å². The summed E-state index contributed by atoms with van der Waals surface area (Å²) < 4.78 is 11.0. The summed E-state index contributed by atoms with van der Waals surface area (Å²) in [6.07, 6.45) is 2.03. The number of hydrogen-bond donors (Lipinski definition) is 0. The molecule has 3 nitrogen and oxygen atoms in total. The molecular weight excluding hydrogens is 204 g/mol. The highest BCUT2D eigenvalue weighted by Gasteiger charge is 2.37. The van der Waals surface area contributed by atoms with Crippen molar-refractivity contribution in [3.8, 4) is 0 Å². The van der Waals surface area contributed by atoms with Crippen molar-refractivity contribution >= 4 is 5.97 Å². The number of ether oxygens (including phenoxy) is 2. The number of carbonyl (C=O) groups excluding carboxylic acids is 1. The Morgan fingerprint density at radius 2 is 1.94 bits per heavy atom. The van der Waals surface area contributed by atoms with Crippen molar-refractivity contribution < 1.29 is 14.3 Å².